The van der Waals surface area contributed by atoms with Crippen molar-refractivity contribution < 1.29 is 119 Å². The summed E-state index contributed by atoms with van der Waals surface area (Å²) in [7, 11) is 0. The molecule has 0 aliphatic carbocycles. The first kappa shape index (κ1) is 90.7. The minimum absolute atomic E-state index is 0. The minimum Gasteiger partial charge on any atom is -0.463 e. The first-order valence-corrected chi connectivity index (χ1v) is 34.8. The molecule has 37 heteroatoms. The van der Waals surface area contributed by atoms with Gasteiger partial charge in [0, 0.05) is 193 Å². The highest BCUT2D eigenvalue weighted by Gasteiger charge is 2.20. The third-order valence-corrected chi connectivity index (χ3v) is 15.0. The fraction of sp³-hybridized carbons (Fsp3) is 0.452. The van der Waals surface area contributed by atoms with E-state index in [1.165, 1.54) is 30.4 Å². The second-order valence-electron chi connectivity index (χ2n) is 23.8. The van der Waals surface area contributed by atoms with Crippen LogP contribution in [0.5, 0.6) is 0 Å². The van der Waals surface area contributed by atoms with Gasteiger partial charge in [-0.25, -0.2) is 38.4 Å². The maximum absolute atomic E-state index is 11.6. The number of ether oxygens (including phenoxy) is 11. The van der Waals surface area contributed by atoms with Crippen molar-refractivity contribution in [3.8, 4) is 0 Å². The zero-order chi connectivity index (χ0) is 79.0. The van der Waals surface area contributed by atoms with Gasteiger partial charge in [-0.1, -0.05) is 39.3 Å². The largest absolute Gasteiger partial charge is 0.463 e. The predicted octanol–water partition coefficient (Wildman–Crippen LogP) is -0.460. The average molecular weight is 1540 g/mol. The zero-order valence-electron chi connectivity index (χ0n) is 60.5. The van der Waals surface area contributed by atoms with Crippen LogP contribution in [-0.2, 0) is 119 Å². The second-order valence-corrected chi connectivity index (χ2v) is 23.8. The van der Waals surface area contributed by atoms with Crippen molar-refractivity contribution in [2.24, 2.45) is 0 Å². The second kappa shape index (κ2) is 52.4. The molecule has 0 atom stereocenters. The van der Waals surface area contributed by atoms with Crippen LogP contribution < -0.4 is 47.9 Å². The van der Waals surface area contributed by atoms with Crippen LogP contribution in [0.25, 0.3) is 0 Å². The first-order chi connectivity index (χ1) is 52.4. The molecular formula is C73H98N12O25. The maximum atomic E-state index is 11.6. The number of hydrogen-bond donors (Lipinski definition) is 9. The fourth-order valence-corrected chi connectivity index (χ4v) is 9.86. The number of esters is 8. The highest BCUT2D eigenvalue weighted by atomic mass is 16.6. The van der Waals surface area contributed by atoms with Gasteiger partial charge in [0.05, 0.1) is 85.9 Å². The molecule has 0 aromatic heterocycles. The van der Waals surface area contributed by atoms with Gasteiger partial charge in [0.25, 0.3) is 29.5 Å². The standard InChI is InChI=1S/C19H27N3O6.C18H19N3O7.C18H25N3O6.C17H23N3O6.CH4/c1-15-20-16(14-17(23)21-15)6-11-28-19(25)5-4-18(24)27-10-3-2-7-22-8-12-26-13-9-22;1-11-19-13(10-16(24)20-11)5-7-28-18(26)3-2-17(25)27-6-4-12-8-14(22)21-15(23)9-12;1-14-19-15(13-16(22)20-14)5-10-27-18(24)4-3-17(23)26-9-2-6-21-7-11-25-12-8-21;1-13-18-14(12-15(21)19-13)4-8-25-16(22)2-3-17(23)26-11-7-20-5-9-24-10-6-20;/h4-5,14,20H,1-3,6-13H2,(H,21,23);2-3,8,10,19H,1,4-7,9H2,(H,20,24)(H,21,22,23);3-4,13,19H,1-2,5-12H2,(H,20,22);2-3,12,18H,1,4-11H2,(H,19,21);1H4/b5-4+;3-2+;4-3+;3-2+;. The van der Waals surface area contributed by atoms with Crippen LogP contribution in [0.4, 0.5) is 0 Å². The summed E-state index contributed by atoms with van der Waals surface area (Å²) in [5, 5.41) is 23.4. The lowest BCUT2D eigenvalue weighted by molar-refractivity contribution is -0.140. The minimum atomic E-state index is -0.756. The number of rotatable bonds is 35. The molecule has 3 saturated heterocycles. The third kappa shape index (κ3) is 42.6. The highest BCUT2D eigenvalue weighted by molar-refractivity contribution is 6.05. The Labute approximate surface area is 636 Å². The molecule has 600 valence electrons. The Morgan fingerprint density at radius 2 is 0.573 bits per heavy atom. The van der Waals surface area contributed by atoms with Gasteiger partial charge in [0.1, 0.15) is 29.9 Å². The Hall–Kier alpha value is -11.6. The third-order valence-electron chi connectivity index (χ3n) is 15.0. The SMILES string of the molecule is C.C=C1NC(=O)C=C(CCOC(=O)/C=C/C(=O)OCCC2=CC(=O)NC(=O)C2)N1.C=C1NC(=O)C=C(CCOC(=O)/C=C/C(=O)OCCCCN2CCOCC2)N1.C=C1NC(=O)C=C(CCOC(=O)/C=C/C(=O)OCCCN2CCOCC2)N1.C=C1NC(=O)C=C(CCOC(=O)/C=C/C(=O)OCCN2CCOCC2)N1. The molecule has 3 fully saturated rings. The Balaban J connectivity index is 0.000000309. The van der Waals surface area contributed by atoms with Gasteiger partial charge in [0.15, 0.2) is 0 Å². The summed E-state index contributed by atoms with van der Waals surface area (Å²) in [5.74, 6) is -5.81. The number of nitrogens with zero attached hydrogens (tertiary/aromatic N) is 3. The summed E-state index contributed by atoms with van der Waals surface area (Å²) < 4.78 is 55.7. The van der Waals surface area contributed by atoms with E-state index in [1.807, 2.05) is 0 Å². The molecule has 9 N–H and O–H groups in total. The molecule has 8 heterocycles. The summed E-state index contributed by atoms with van der Waals surface area (Å²) in [4.78, 5) is 167. The quantitative estimate of drug-likeness (QED) is 0.0127. The Morgan fingerprint density at radius 3 is 0.873 bits per heavy atom. The molecule has 0 spiro atoms. The van der Waals surface area contributed by atoms with E-state index in [2.05, 4.69) is 88.9 Å². The number of imide groups is 1. The van der Waals surface area contributed by atoms with Crippen LogP contribution in [0.1, 0.15) is 65.2 Å². The number of morpholine rings is 3. The van der Waals surface area contributed by atoms with Crippen molar-refractivity contribution >= 4 is 83.2 Å². The number of nitrogens with one attached hydrogen (secondary N) is 9. The Kier molecular flexibility index (Phi) is 43.2. The van der Waals surface area contributed by atoms with Crippen molar-refractivity contribution in [2.75, 3.05) is 151 Å². The summed E-state index contributed by atoms with van der Waals surface area (Å²) in [5.41, 5.74) is 2.90. The van der Waals surface area contributed by atoms with Crippen molar-refractivity contribution in [1.29, 1.82) is 0 Å². The van der Waals surface area contributed by atoms with Gasteiger partial charge < -0.3 is 94.6 Å². The van der Waals surface area contributed by atoms with Crippen molar-refractivity contribution in [3.05, 3.63) is 157 Å². The lowest BCUT2D eigenvalue weighted by atomic mass is 10.1. The lowest BCUT2D eigenvalue weighted by Gasteiger charge is -2.26. The normalized spacial score (nSPS) is 17.4. The molecule has 8 rings (SSSR count). The Morgan fingerprint density at radius 1 is 0.318 bits per heavy atom. The maximum Gasteiger partial charge on any atom is 0.331 e. The van der Waals surface area contributed by atoms with Crippen molar-refractivity contribution in [2.45, 2.75) is 65.2 Å². The van der Waals surface area contributed by atoms with Crippen LogP contribution in [0.15, 0.2) is 157 Å². The molecule has 0 radical (unpaired) electrons. The fourth-order valence-electron chi connectivity index (χ4n) is 9.86. The molecule has 8 aliphatic rings. The zero-order valence-corrected chi connectivity index (χ0v) is 60.5. The summed E-state index contributed by atoms with van der Waals surface area (Å²) in [6.07, 6.45) is 18.8. The number of amides is 6. The summed E-state index contributed by atoms with van der Waals surface area (Å²) in [6.45, 7) is 27.6. The van der Waals surface area contributed by atoms with E-state index < -0.39 is 59.6 Å². The van der Waals surface area contributed by atoms with Gasteiger partial charge >= 0.3 is 47.8 Å². The van der Waals surface area contributed by atoms with Crippen LogP contribution >= 0.6 is 0 Å². The molecule has 0 aromatic rings. The van der Waals surface area contributed by atoms with E-state index in [0.29, 0.717) is 104 Å². The summed E-state index contributed by atoms with van der Waals surface area (Å²) in [6, 6.07) is 0. The molecule has 0 aromatic carbocycles. The van der Waals surface area contributed by atoms with Gasteiger partial charge in [-0.3, -0.25) is 48.8 Å². The summed E-state index contributed by atoms with van der Waals surface area (Å²) >= 11 is 0. The number of hydrogen-bond acceptors (Lipinski definition) is 32. The van der Waals surface area contributed by atoms with Crippen LogP contribution in [0.3, 0.4) is 0 Å². The molecule has 0 bridgehead atoms. The average Bonchev–Trinajstić information content (AvgIpc) is 0.938. The predicted molar refractivity (Wildman–Crippen MR) is 390 cm³/mol. The van der Waals surface area contributed by atoms with E-state index in [9.17, 15) is 67.1 Å². The van der Waals surface area contributed by atoms with Crippen LogP contribution in [0, 0.1) is 0 Å². The van der Waals surface area contributed by atoms with Crippen LogP contribution in [0.2, 0.25) is 0 Å². The van der Waals surface area contributed by atoms with E-state index in [0.717, 1.165) is 147 Å². The smallest absolute Gasteiger partial charge is 0.331 e. The molecular weight excluding hydrogens is 1440 g/mol. The van der Waals surface area contributed by atoms with Crippen LogP contribution in [-0.4, -0.2) is 249 Å². The molecule has 6 amide bonds. The highest BCUT2D eigenvalue weighted by Crippen LogP contribution is 2.13. The van der Waals surface area contributed by atoms with Crippen molar-refractivity contribution in [1.82, 2.24) is 62.6 Å². The number of carbonyl (C=O) groups is 14. The van der Waals surface area contributed by atoms with Gasteiger partial charge in [-0.2, -0.15) is 0 Å². The lowest BCUT2D eigenvalue weighted by Crippen LogP contribution is -2.38. The number of carbonyl (C=O) groups excluding carboxylic acids is 14. The molecule has 0 unspecified atom stereocenters. The topological polar surface area (TPSA) is 458 Å². The molecule has 37 nitrogen and oxygen atoms in total. The monoisotopic (exact) mass is 1540 g/mol. The molecule has 0 saturated carbocycles. The van der Waals surface area contributed by atoms with E-state index in [-0.39, 0.29) is 90.0 Å². The molecule has 110 heavy (non-hydrogen) atoms. The Bertz CT molecular complexity index is 3520. The van der Waals surface area contributed by atoms with E-state index in [1.54, 1.807) is 0 Å². The van der Waals surface area contributed by atoms with Gasteiger partial charge in [0.2, 0.25) is 5.91 Å². The first-order valence-electron chi connectivity index (χ1n) is 34.8. The molecule has 8 aliphatic heterocycles. The van der Waals surface area contributed by atoms with Gasteiger partial charge in [-0.15, -0.1) is 0 Å². The van der Waals surface area contributed by atoms with E-state index >= 15 is 0 Å². The van der Waals surface area contributed by atoms with Gasteiger partial charge in [-0.05, 0) is 25.8 Å². The van der Waals surface area contributed by atoms with Crippen molar-refractivity contribution in [3.63, 3.8) is 0 Å². The van der Waals surface area contributed by atoms with E-state index in [4.69, 9.17) is 52.1 Å². The number of unbranched alkanes of at least 4 members (excludes halogenated alkanes) is 1.